The molecular weight excluding hydrogens is 244 g/mol. The number of aryl methyl sites for hydroxylation is 1. The third-order valence-electron chi connectivity index (χ3n) is 2.75. The number of aliphatic hydroxyl groups is 1. The van der Waals surface area contributed by atoms with Crippen LogP contribution in [0.1, 0.15) is 31.5 Å². The Bertz CT molecular complexity index is 396. The van der Waals surface area contributed by atoms with Crippen LogP contribution in [-0.4, -0.2) is 35.3 Å². The predicted molar refractivity (Wildman–Crippen MR) is 72.6 cm³/mol. The molecule has 5 heteroatoms. The minimum absolute atomic E-state index is 0.0176. The van der Waals surface area contributed by atoms with Crippen molar-refractivity contribution in [2.24, 2.45) is 0 Å². The number of pyridine rings is 1. The number of carbonyl (C=O) groups excluding carboxylic acids is 1. The number of nitrogens with one attached hydrogen (secondary N) is 1. The lowest BCUT2D eigenvalue weighted by Gasteiger charge is -2.12. The summed E-state index contributed by atoms with van der Waals surface area (Å²) in [7, 11) is 0. The van der Waals surface area contributed by atoms with Gasteiger partial charge in [-0.15, -0.1) is 0 Å². The van der Waals surface area contributed by atoms with Crippen LogP contribution in [-0.2, 0) is 22.5 Å². The van der Waals surface area contributed by atoms with Gasteiger partial charge in [0.2, 0.25) is 0 Å². The van der Waals surface area contributed by atoms with E-state index >= 15 is 0 Å². The van der Waals surface area contributed by atoms with E-state index in [1.165, 1.54) is 5.56 Å². The molecule has 5 nitrogen and oxygen atoms in total. The summed E-state index contributed by atoms with van der Waals surface area (Å²) in [6.07, 6.45) is 1.97. The largest absolute Gasteiger partial charge is 0.466 e. The summed E-state index contributed by atoms with van der Waals surface area (Å²) in [5, 5.41) is 12.8. The lowest BCUT2D eigenvalue weighted by molar-refractivity contribution is -0.145. The average molecular weight is 266 g/mol. The molecule has 0 spiro atoms. The van der Waals surface area contributed by atoms with E-state index in [-0.39, 0.29) is 12.4 Å². The van der Waals surface area contributed by atoms with Gasteiger partial charge in [0.15, 0.2) is 0 Å². The highest BCUT2D eigenvalue weighted by Gasteiger charge is 2.11. The maximum Gasteiger partial charge on any atom is 0.308 e. The van der Waals surface area contributed by atoms with Gasteiger partial charge in [0.25, 0.3) is 0 Å². The van der Waals surface area contributed by atoms with Crippen molar-refractivity contribution >= 4 is 5.97 Å². The van der Waals surface area contributed by atoms with E-state index < -0.39 is 6.10 Å². The fraction of sp³-hybridized carbons (Fsp3) is 0.571. The second kappa shape index (κ2) is 8.61. The first-order valence-electron chi connectivity index (χ1n) is 6.64. The highest BCUT2D eigenvalue weighted by atomic mass is 16.5. The smallest absolute Gasteiger partial charge is 0.308 e. The molecule has 1 heterocycles. The van der Waals surface area contributed by atoms with Gasteiger partial charge in [-0.05, 0) is 25.0 Å². The van der Waals surface area contributed by atoms with Crippen molar-refractivity contribution in [1.29, 1.82) is 0 Å². The van der Waals surface area contributed by atoms with Crippen molar-refractivity contribution in [3.63, 3.8) is 0 Å². The Labute approximate surface area is 114 Å². The Balaban J connectivity index is 2.31. The molecule has 0 aliphatic carbocycles. The van der Waals surface area contributed by atoms with Crippen molar-refractivity contribution in [3.8, 4) is 0 Å². The van der Waals surface area contributed by atoms with Crippen LogP contribution in [0.4, 0.5) is 0 Å². The summed E-state index contributed by atoms with van der Waals surface area (Å²) in [5.74, 6) is -0.371. The number of aliphatic hydroxyl groups excluding tert-OH is 1. The topological polar surface area (TPSA) is 71.5 Å². The number of hydrogen-bond donors (Lipinski definition) is 2. The van der Waals surface area contributed by atoms with Gasteiger partial charge in [-0.1, -0.05) is 13.0 Å². The predicted octanol–water partition coefficient (Wildman–Crippen LogP) is 1.05. The van der Waals surface area contributed by atoms with Crippen LogP contribution < -0.4 is 5.32 Å². The molecule has 0 radical (unpaired) electrons. The highest BCUT2D eigenvalue weighted by molar-refractivity contribution is 5.69. The zero-order valence-electron chi connectivity index (χ0n) is 11.6. The molecule has 0 bridgehead atoms. The van der Waals surface area contributed by atoms with Gasteiger partial charge in [0, 0.05) is 19.3 Å². The van der Waals surface area contributed by atoms with E-state index in [0.717, 1.165) is 12.1 Å². The molecule has 1 aromatic heterocycles. The minimum atomic E-state index is -0.729. The van der Waals surface area contributed by atoms with Crippen LogP contribution in [0, 0.1) is 0 Å². The molecule has 2 N–H and O–H groups in total. The number of aromatic nitrogens is 1. The first kappa shape index (κ1) is 15.6. The number of hydrogen-bond acceptors (Lipinski definition) is 5. The monoisotopic (exact) mass is 266 g/mol. The van der Waals surface area contributed by atoms with E-state index in [0.29, 0.717) is 19.7 Å². The Kier molecular flexibility index (Phi) is 7.07. The Morgan fingerprint density at radius 1 is 1.53 bits per heavy atom. The molecule has 19 heavy (non-hydrogen) atoms. The Morgan fingerprint density at radius 2 is 2.32 bits per heavy atom. The van der Waals surface area contributed by atoms with Crippen LogP contribution in [0.5, 0.6) is 0 Å². The van der Waals surface area contributed by atoms with E-state index in [2.05, 4.69) is 17.2 Å². The average Bonchev–Trinajstić information content (AvgIpc) is 2.39. The normalized spacial score (nSPS) is 12.2. The lowest BCUT2D eigenvalue weighted by Crippen LogP contribution is -2.29. The standard InChI is InChI=1S/C14H22N2O3/c1-3-11-6-5-7-16-13(11)10-15-9-12(17)8-14(18)19-4-2/h5-7,12,15,17H,3-4,8-10H2,1-2H3. The molecule has 0 saturated carbocycles. The van der Waals surface area contributed by atoms with Gasteiger partial charge in [-0.2, -0.15) is 0 Å². The summed E-state index contributed by atoms with van der Waals surface area (Å²) in [6, 6.07) is 3.96. The molecule has 0 aliphatic heterocycles. The molecule has 0 amide bonds. The second-order valence-electron chi connectivity index (χ2n) is 4.26. The van der Waals surface area contributed by atoms with Crippen LogP contribution in [0.2, 0.25) is 0 Å². The fourth-order valence-electron chi connectivity index (χ4n) is 1.79. The maximum atomic E-state index is 11.2. The van der Waals surface area contributed by atoms with Gasteiger partial charge >= 0.3 is 5.97 Å². The quantitative estimate of drug-likeness (QED) is 0.688. The van der Waals surface area contributed by atoms with Gasteiger partial charge in [-0.3, -0.25) is 9.78 Å². The van der Waals surface area contributed by atoms with E-state index in [1.807, 2.05) is 12.1 Å². The molecule has 1 unspecified atom stereocenters. The number of ether oxygens (including phenoxy) is 1. The molecule has 1 aromatic rings. The third kappa shape index (κ3) is 5.81. The Hall–Kier alpha value is -1.46. The molecule has 0 aliphatic rings. The van der Waals surface area contributed by atoms with Gasteiger partial charge in [0.05, 0.1) is 24.8 Å². The zero-order valence-corrected chi connectivity index (χ0v) is 11.6. The molecule has 0 fully saturated rings. The highest BCUT2D eigenvalue weighted by Crippen LogP contribution is 2.05. The number of rotatable bonds is 8. The summed E-state index contributed by atoms with van der Waals surface area (Å²) >= 11 is 0. The zero-order chi connectivity index (χ0) is 14.1. The Morgan fingerprint density at radius 3 is 3.00 bits per heavy atom. The molecule has 0 saturated heterocycles. The molecule has 1 rings (SSSR count). The van der Waals surface area contributed by atoms with Crippen molar-refractivity contribution in [2.45, 2.75) is 39.3 Å². The first-order chi connectivity index (χ1) is 9.17. The van der Waals surface area contributed by atoms with Crippen LogP contribution in [0.3, 0.4) is 0 Å². The third-order valence-corrected chi connectivity index (χ3v) is 2.75. The van der Waals surface area contributed by atoms with E-state index in [4.69, 9.17) is 4.74 Å². The maximum absolute atomic E-state index is 11.2. The van der Waals surface area contributed by atoms with Crippen molar-refractivity contribution in [3.05, 3.63) is 29.6 Å². The fourth-order valence-corrected chi connectivity index (χ4v) is 1.79. The minimum Gasteiger partial charge on any atom is -0.466 e. The number of nitrogens with zero attached hydrogens (tertiary/aromatic N) is 1. The second-order valence-corrected chi connectivity index (χ2v) is 4.26. The molecule has 1 atom stereocenters. The lowest BCUT2D eigenvalue weighted by atomic mass is 10.1. The van der Waals surface area contributed by atoms with Gasteiger partial charge in [-0.25, -0.2) is 0 Å². The van der Waals surface area contributed by atoms with Crippen molar-refractivity contribution in [2.75, 3.05) is 13.2 Å². The molecule has 0 aromatic carbocycles. The van der Waals surface area contributed by atoms with Gasteiger partial charge in [0.1, 0.15) is 0 Å². The summed E-state index contributed by atoms with van der Waals surface area (Å²) < 4.78 is 4.77. The molecular formula is C14H22N2O3. The summed E-state index contributed by atoms with van der Waals surface area (Å²) in [5.41, 5.74) is 2.17. The summed E-state index contributed by atoms with van der Waals surface area (Å²) in [4.78, 5) is 15.5. The van der Waals surface area contributed by atoms with Gasteiger partial charge < -0.3 is 15.2 Å². The SMILES string of the molecule is CCOC(=O)CC(O)CNCc1ncccc1CC. The van der Waals surface area contributed by atoms with Crippen molar-refractivity contribution < 1.29 is 14.6 Å². The number of carbonyl (C=O) groups is 1. The van der Waals surface area contributed by atoms with E-state index in [1.54, 1.807) is 13.1 Å². The first-order valence-corrected chi connectivity index (χ1v) is 6.64. The number of esters is 1. The van der Waals surface area contributed by atoms with E-state index in [9.17, 15) is 9.90 Å². The van der Waals surface area contributed by atoms with Crippen LogP contribution in [0.15, 0.2) is 18.3 Å². The van der Waals surface area contributed by atoms with Crippen LogP contribution in [0.25, 0.3) is 0 Å². The van der Waals surface area contributed by atoms with Crippen LogP contribution >= 0.6 is 0 Å². The molecule has 106 valence electrons. The van der Waals surface area contributed by atoms with Crippen molar-refractivity contribution in [1.82, 2.24) is 10.3 Å². The summed E-state index contributed by atoms with van der Waals surface area (Å²) in [6.45, 7) is 5.10.